The summed E-state index contributed by atoms with van der Waals surface area (Å²) >= 11 is 0. The molecule has 0 aromatic rings. The highest BCUT2D eigenvalue weighted by molar-refractivity contribution is 5.81. The van der Waals surface area contributed by atoms with Crippen LogP contribution in [0.15, 0.2) is 12.2 Å². The van der Waals surface area contributed by atoms with E-state index in [-0.39, 0.29) is 11.9 Å². The van der Waals surface area contributed by atoms with E-state index in [1.165, 1.54) is 5.57 Å². The zero-order valence-electron chi connectivity index (χ0n) is 7.55. The lowest BCUT2D eigenvalue weighted by atomic mass is 10.1. The van der Waals surface area contributed by atoms with E-state index in [9.17, 15) is 4.79 Å². The molecule has 0 unspecified atom stereocenters. The van der Waals surface area contributed by atoms with E-state index in [1.807, 2.05) is 4.90 Å². The lowest BCUT2D eigenvalue weighted by Crippen LogP contribution is -2.44. The van der Waals surface area contributed by atoms with Crippen molar-refractivity contribution in [2.24, 2.45) is 5.73 Å². The molecule has 1 atom stereocenters. The van der Waals surface area contributed by atoms with Crippen LogP contribution in [0.2, 0.25) is 0 Å². The zero-order valence-corrected chi connectivity index (χ0v) is 7.55. The van der Waals surface area contributed by atoms with Gasteiger partial charge in [-0.2, -0.15) is 0 Å². The topological polar surface area (TPSA) is 46.3 Å². The maximum absolute atomic E-state index is 11.4. The van der Waals surface area contributed by atoms with Gasteiger partial charge in [0.15, 0.2) is 0 Å². The van der Waals surface area contributed by atoms with Crippen LogP contribution in [-0.4, -0.2) is 29.9 Å². The van der Waals surface area contributed by atoms with Gasteiger partial charge in [-0.1, -0.05) is 12.2 Å². The number of likely N-dealkylation sites (tertiary alicyclic amines) is 1. The van der Waals surface area contributed by atoms with Gasteiger partial charge in [-0.15, -0.1) is 0 Å². The summed E-state index contributed by atoms with van der Waals surface area (Å²) in [6.45, 7) is 7.19. The first-order valence-corrected chi connectivity index (χ1v) is 4.32. The van der Waals surface area contributed by atoms with Gasteiger partial charge in [0.05, 0.1) is 6.04 Å². The van der Waals surface area contributed by atoms with Gasteiger partial charge >= 0.3 is 0 Å². The highest BCUT2D eigenvalue weighted by Gasteiger charge is 2.20. The SMILES string of the molecule is C=C1CCN(C(=O)[C@H](C)N)CC1. The van der Waals surface area contributed by atoms with E-state index in [4.69, 9.17) is 5.73 Å². The van der Waals surface area contributed by atoms with Crippen molar-refractivity contribution in [2.75, 3.05) is 13.1 Å². The Morgan fingerprint density at radius 3 is 2.50 bits per heavy atom. The average molecular weight is 168 g/mol. The molecular weight excluding hydrogens is 152 g/mol. The Kier molecular flexibility index (Phi) is 2.87. The van der Waals surface area contributed by atoms with Crippen LogP contribution in [0.3, 0.4) is 0 Å². The van der Waals surface area contributed by atoms with Crippen molar-refractivity contribution < 1.29 is 4.79 Å². The lowest BCUT2D eigenvalue weighted by Gasteiger charge is -2.29. The largest absolute Gasteiger partial charge is 0.341 e. The summed E-state index contributed by atoms with van der Waals surface area (Å²) in [4.78, 5) is 13.2. The van der Waals surface area contributed by atoms with Crippen LogP contribution in [-0.2, 0) is 4.79 Å². The Balaban J connectivity index is 2.44. The third-order valence-corrected chi connectivity index (χ3v) is 2.17. The van der Waals surface area contributed by atoms with Crippen molar-refractivity contribution in [3.63, 3.8) is 0 Å². The second-order valence-corrected chi connectivity index (χ2v) is 3.36. The number of piperidine rings is 1. The number of carbonyl (C=O) groups is 1. The number of nitrogens with two attached hydrogens (primary N) is 1. The number of nitrogens with zero attached hydrogens (tertiary/aromatic N) is 1. The Morgan fingerprint density at radius 1 is 1.58 bits per heavy atom. The number of rotatable bonds is 1. The first kappa shape index (κ1) is 9.26. The van der Waals surface area contributed by atoms with Crippen LogP contribution < -0.4 is 5.73 Å². The van der Waals surface area contributed by atoms with E-state index in [0.29, 0.717) is 0 Å². The van der Waals surface area contributed by atoms with Crippen molar-refractivity contribution in [1.82, 2.24) is 4.90 Å². The van der Waals surface area contributed by atoms with Gasteiger partial charge in [-0.05, 0) is 19.8 Å². The summed E-state index contributed by atoms with van der Waals surface area (Å²) in [6.07, 6.45) is 1.86. The van der Waals surface area contributed by atoms with Crippen molar-refractivity contribution in [3.05, 3.63) is 12.2 Å². The molecule has 1 rings (SSSR count). The van der Waals surface area contributed by atoms with Crippen molar-refractivity contribution in [2.45, 2.75) is 25.8 Å². The summed E-state index contributed by atoms with van der Waals surface area (Å²) < 4.78 is 0. The summed E-state index contributed by atoms with van der Waals surface area (Å²) in [5.41, 5.74) is 6.73. The molecule has 1 heterocycles. The van der Waals surface area contributed by atoms with Gasteiger partial charge in [0.25, 0.3) is 0 Å². The second kappa shape index (κ2) is 3.72. The van der Waals surface area contributed by atoms with E-state index in [0.717, 1.165) is 25.9 Å². The molecule has 68 valence electrons. The van der Waals surface area contributed by atoms with Gasteiger partial charge in [-0.25, -0.2) is 0 Å². The molecule has 1 aliphatic rings. The smallest absolute Gasteiger partial charge is 0.239 e. The molecule has 0 aliphatic carbocycles. The number of hydrogen-bond donors (Lipinski definition) is 1. The Hall–Kier alpha value is -0.830. The summed E-state index contributed by atoms with van der Waals surface area (Å²) in [5, 5.41) is 0. The van der Waals surface area contributed by atoms with Gasteiger partial charge < -0.3 is 10.6 Å². The quantitative estimate of drug-likeness (QED) is 0.580. The number of amides is 1. The van der Waals surface area contributed by atoms with E-state index >= 15 is 0 Å². The molecule has 12 heavy (non-hydrogen) atoms. The van der Waals surface area contributed by atoms with Gasteiger partial charge in [0.2, 0.25) is 5.91 Å². The predicted molar refractivity (Wildman–Crippen MR) is 48.6 cm³/mol. The molecule has 1 saturated heterocycles. The first-order chi connectivity index (χ1) is 5.61. The molecule has 3 heteroatoms. The van der Waals surface area contributed by atoms with Crippen LogP contribution in [0, 0.1) is 0 Å². The number of hydrogen-bond acceptors (Lipinski definition) is 2. The minimum atomic E-state index is -0.364. The Bertz CT molecular complexity index is 189. The summed E-state index contributed by atoms with van der Waals surface area (Å²) in [7, 11) is 0. The van der Waals surface area contributed by atoms with Gasteiger partial charge in [-0.3, -0.25) is 4.79 Å². The fraction of sp³-hybridized carbons (Fsp3) is 0.667. The molecule has 3 nitrogen and oxygen atoms in total. The fourth-order valence-corrected chi connectivity index (χ4v) is 1.33. The maximum atomic E-state index is 11.4. The third-order valence-electron chi connectivity index (χ3n) is 2.17. The molecule has 0 radical (unpaired) electrons. The summed E-state index contributed by atoms with van der Waals surface area (Å²) in [5.74, 6) is 0.0579. The van der Waals surface area contributed by atoms with E-state index in [1.54, 1.807) is 6.92 Å². The molecule has 1 fully saturated rings. The maximum Gasteiger partial charge on any atom is 0.239 e. The molecule has 0 spiro atoms. The molecule has 2 N–H and O–H groups in total. The molecule has 0 aromatic heterocycles. The lowest BCUT2D eigenvalue weighted by molar-refractivity contribution is -0.132. The van der Waals surface area contributed by atoms with Crippen LogP contribution >= 0.6 is 0 Å². The molecule has 1 amide bonds. The van der Waals surface area contributed by atoms with Crippen LogP contribution in [0.4, 0.5) is 0 Å². The molecule has 1 aliphatic heterocycles. The van der Waals surface area contributed by atoms with Crippen molar-refractivity contribution in [3.8, 4) is 0 Å². The molecule has 0 saturated carbocycles. The Labute approximate surface area is 73.2 Å². The second-order valence-electron chi connectivity index (χ2n) is 3.36. The average Bonchev–Trinajstić information content (AvgIpc) is 2.04. The van der Waals surface area contributed by atoms with Crippen molar-refractivity contribution in [1.29, 1.82) is 0 Å². The molecule has 0 bridgehead atoms. The number of carbonyl (C=O) groups excluding carboxylic acids is 1. The van der Waals surface area contributed by atoms with E-state index < -0.39 is 0 Å². The highest BCUT2D eigenvalue weighted by Crippen LogP contribution is 2.13. The summed E-state index contributed by atoms with van der Waals surface area (Å²) in [6, 6.07) is -0.364. The van der Waals surface area contributed by atoms with Crippen LogP contribution in [0.25, 0.3) is 0 Å². The minimum absolute atomic E-state index is 0.0579. The van der Waals surface area contributed by atoms with Gasteiger partial charge in [0.1, 0.15) is 0 Å². The normalized spacial score (nSPS) is 20.8. The first-order valence-electron chi connectivity index (χ1n) is 4.32. The standard InChI is InChI=1S/C9H16N2O/c1-7-3-5-11(6-4-7)9(12)8(2)10/h8H,1,3-6,10H2,2H3/t8-/m0/s1. The van der Waals surface area contributed by atoms with Crippen molar-refractivity contribution >= 4 is 5.91 Å². The Morgan fingerprint density at radius 2 is 2.08 bits per heavy atom. The monoisotopic (exact) mass is 168 g/mol. The molecular formula is C9H16N2O. The third kappa shape index (κ3) is 2.08. The zero-order chi connectivity index (χ0) is 9.14. The van der Waals surface area contributed by atoms with Gasteiger partial charge in [0, 0.05) is 13.1 Å². The minimum Gasteiger partial charge on any atom is -0.341 e. The molecule has 0 aromatic carbocycles. The predicted octanol–water partition coefficient (Wildman–Crippen LogP) is 0.512. The fourth-order valence-electron chi connectivity index (χ4n) is 1.33. The highest BCUT2D eigenvalue weighted by atomic mass is 16.2. The van der Waals surface area contributed by atoms with E-state index in [2.05, 4.69) is 6.58 Å². The van der Waals surface area contributed by atoms with Crippen LogP contribution in [0.5, 0.6) is 0 Å². The van der Waals surface area contributed by atoms with Crippen LogP contribution in [0.1, 0.15) is 19.8 Å².